The molecule has 1 aromatic rings. The molecule has 0 amide bonds. The van der Waals surface area contributed by atoms with E-state index in [1.807, 2.05) is 17.5 Å². The van der Waals surface area contributed by atoms with Crippen molar-refractivity contribution in [3.63, 3.8) is 0 Å². The predicted octanol–water partition coefficient (Wildman–Crippen LogP) is 3.18. The summed E-state index contributed by atoms with van der Waals surface area (Å²) in [5, 5.41) is 12.5. The molecule has 2 atom stereocenters. The summed E-state index contributed by atoms with van der Waals surface area (Å²) in [5.41, 5.74) is 0. The normalized spacial score (nSPS) is 26.1. The van der Waals surface area contributed by atoms with Gasteiger partial charge in [0, 0.05) is 23.9 Å². The number of ether oxygens (including phenoxy) is 2. The van der Waals surface area contributed by atoms with Crippen molar-refractivity contribution in [1.82, 2.24) is 4.90 Å². The van der Waals surface area contributed by atoms with Crippen LogP contribution in [-0.2, 0) is 9.47 Å². The molecule has 1 aromatic heterocycles. The SMILES string of the molecule is O[C@H](C[C@@H]1CCCCCN1CCC1OCCO1)c1cccs1. The largest absolute Gasteiger partial charge is 0.388 e. The third-order valence-electron chi connectivity index (χ3n) is 4.71. The smallest absolute Gasteiger partial charge is 0.159 e. The maximum absolute atomic E-state index is 10.5. The molecule has 2 aliphatic rings. The molecule has 124 valence electrons. The molecular formula is C17H27NO3S. The van der Waals surface area contributed by atoms with Gasteiger partial charge in [-0.25, -0.2) is 0 Å². The molecule has 2 fully saturated rings. The second-order valence-corrected chi connectivity index (χ2v) is 7.25. The third-order valence-corrected chi connectivity index (χ3v) is 5.68. The van der Waals surface area contributed by atoms with E-state index in [1.54, 1.807) is 11.3 Å². The molecule has 4 nitrogen and oxygen atoms in total. The van der Waals surface area contributed by atoms with Crippen molar-refractivity contribution in [2.75, 3.05) is 26.3 Å². The fourth-order valence-electron chi connectivity index (χ4n) is 3.50. The van der Waals surface area contributed by atoms with Gasteiger partial charge in [0.05, 0.1) is 19.3 Å². The van der Waals surface area contributed by atoms with Crippen LogP contribution in [0.1, 0.15) is 49.5 Å². The van der Waals surface area contributed by atoms with Gasteiger partial charge in [0.2, 0.25) is 0 Å². The van der Waals surface area contributed by atoms with Crippen LogP contribution in [0.25, 0.3) is 0 Å². The molecule has 3 rings (SSSR count). The topological polar surface area (TPSA) is 41.9 Å². The summed E-state index contributed by atoms with van der Waals surface area (Å²) in [6.45, 7) is 3.59. The summed E-state index contributed by atoms with van der Waals surface area (Å²) >= 11 is 1.65. The Hall–Kier alpha value is -0.460. The molecule has 3 heterocycles. The van der Waals surface area contributed by atoms with Gasteiger partial charge >= 0.3 is 0 Å². The van der Waals surface area contributed by atoms with E-state index in [1.165, 1.54) is 25.7 Å². The fraction of sp³-hybridized carbons (Fsp3) is 0.765. The minimum atomic E-state index is -0.329. The van der Waals surface area contributed by atoms with Crippen LogP contribution in [0.4, 0.5) is 0 Å². The van der Waals surface area contributed by atoms with Gasteiger partial charge in [0.1, 0.15) is 0 Å². The Bertz CT molecular complexity index is 420. The van der Waals surface area contributed by atoms with Gasteiger partial charge in [-0.2, -0.15) is 0 Å². The number of nitrogens with zero attached hydrogens (tertiary/aromatic N) is 1. The van der Waals surface area contributed by atoms with E-state index in [0.717, 1.165) is 44.0 Å². The van der Waals surface area contributed by atoms with Gasteiger partial charge in [0.25, 0.3) is 0 Å². The van der Waals surface area contributed by atoms with Crippen LogP contribution >= 0.6 is 11.3 Å². The number of rotatable bonds is 6. The third kappa shape index (κ3) is 4.52. The molecule has 0 radical (unpaired) electrons. The standard InChI is InChI=1S/C17H27NO3S/c19-15(16-6-4-12-22-16)13-14-5-2-1-3-8-18(14)9-7-17-20-10-11-21-17/h4,6,12,14-15,17,19H,1-3,5,7-11,13H2/t14-,15+/m0/s1. The lowest BCUT2D eigenvalue weighted by atomic mass is 10.0. The summed E-state index contributed by atoms with van der Waals surface area (Å²) in [4.78, 5) is 3.64. The van der Waals surface area contributed by atoms with E-state index >= 15 is 0 Å². The minimum absolute atomic E-state index is 0.0221. The first-order chi connectivity index (χ1) is 10.8. The van der Waals surface area contributed by atoms with Crippen molar-refractivity contribution in [2.45, 2.75) is 57.0 Å². The molecule has 0 unspecified atom stereocenters. The maximum Gasteiger partial charge on any atom is 0.159 e. The zero-order valence-corrected chi connectivity index (χ0v) is 14.0. The van der Waals surface area contributed by atoms with Crippen LogP contribution < -0.4 is 0 Å². The Morgan fingerprint density at radius 3 is 2.91 bits per heavy atom. The van der Waals surface area contributed by atoms with E-state index < -0.39 is 0 Å². The molecule has 0 aromatic carbocycles. The van der Waals surface area contributed by atoms with E-state index in [0.29, 0.717) is 6.04 Å². The number of hydrogen-bond acceptors (Lipinski definition) is 5. The summed E-state index contributed by atoms with van der Waals surface area (Å²) in [7, 11) is 0. The zero-order valence-electron chi connectivity index (χ0n) is 13.2. The Balaban J connectivity index is 1.55. The lowest BCUT2D eigenvalue weighted by molar-refractivity contribution is -0.0542. The molecule has 0 aliphatic carbocycles. The van der Waals surface area contributed by atoms with Crippen molar-refractivity contribution < 1.29 is 14.6 Å². The van der Waals surface area contributed by atoms with Crippen LogP contribution in [0.3, 0.4) is 0 Å². The minimum Gasteiger partial charge on any atom is -0.388 e. The lowest BCUT2D eigenvalue weighted by Crippen LogP contribution is -2.38. The van der Waals surface area contributed by atoms with E-state index in [-0.39, 0.29) is 12.4 Å². The summed E-state index contributed by atoms with van der Waals surface area (Å²) in [6, 6.07) is 4.53. The second-order valence-electron chi connectivity index (χ2n) is 6.27. The zero-order chi connectivity index (χ0) is 15.2. The molecule has 1 N–H and O–H groups in total. The van der Waals surface area contributed by atoms with Gasteiger partial charge in [0.15, 0.2) is 6.29 Å². The van der Waals surface area contributed by atoms with Gasteiger partial charge in [-0.3, -0.25) is 0 Å². The van der Waals surface area contributed by atoms with Gasteiger partial charge < -0.3 is 19.5 Å². The van der Waals surface area contributed by atoms with Crippen molar-refractivity contribution in [2.24, 2.45) is 0 Å². The van der Waals surface area contributed by atoms with E-state index in [4.69, 9.17) is 9.47 Å². The Morgan fingerprint density at radius 2 is 2.14 bits per heavy atom. The average Bonchev–Trinajstić information content (AvgIpc) is 3.18. The van der Waals surface area contributed by atoms with Crippen molar-refractivity contribution in [3.8, 4) is 0 Å². The first-order valence-electron chi connectivity index (χ1n) is 8.51. The predicted molar refractivity (Wildman–Crippen MR) is 88.0 cm³/mol. The Kier molecular flexibility index (Phi) is 6.27. The number of likely N-dealkylation sites (tertiary alicyclic amines) is 1. The van der Waals surface area contributed by atoms with Gasteiger partial charge in [-0.1, -0.05) is 18.9 Å². The molecule has 0 saturated carbocycles. The van der Waals surface area contributed by atoms with Crippen LogP contribution in [-0.4, -0.2) is 48.6 Å². The fourth-order valence-corrected chi connectivity index (χ4v) is 4.22. The summed E-state index contributed by atoms with van der Waals surface area (Å²) < 4.78 is 11.1. The lowest BCUT2D eigenvalue weighted by Gasteiger charge is -2.31. The first-order valence-corrected chi connectivity index (χ1v) is 9.39. The highest BCUT2D eigenvalue weighted by atomic mass is 32.1. The summed E-state index contributed by atoms with van der Waals surface area (Å²) in [5.74, 6) is 0. The second kappa shape index (κ2) is 8.41. The van der Waals surface area contributed by atoms with Crippen molar-refractivity contribution in [3.05, 3.63) is 22.4 Å². The van der Waals surface area contributed by atoms with Crippen LogP contribution in [0.2, 0.25) is 0 Å². The van der Waals surface area contributed by atoms with Crippen molar-refractivity contribution in [1.29, 1.82) is 0 Å². The molecule has 5 heteroatoms. The quantitative estimate of drug-likeness (QED) is 0.872. The van der Waals surface area contributed by atoms with Gasteiger partial charge in [-0.15, -0.1) is 11.3 Å². The van der Waals surface area contributed by atoms with Crippen LogP contribution in [0.5, 0.6) is 0 Å². The Labute approximate surface area is 137 Å². The van der Waals surface area contributed by atoms with Crippen LogP contribution in [0.15, 0.2) is 17.5 Å². The Morgan fingerprint density at radius 1 is 1.27 bits per heavy atom. The summed E-state index contributed by atoms with van der Waals surface area (Å²) in [6.07, 6.45) is 6.45. The highest BCUT2D eigenvalue weighted by Crippen LogP contribution is 2.29. The van der Waals surface area contributed by atoms with Crippen molar-refractivity contribution >= 4 is 11.3 Å². The highest BCUT2D eigenvalue weighted by molar-refractivity contribution is 7.10. The van der Waals surface area contributed by atoms with E-state index in [9.17, 15) is 5.11 Å². The van der Waals surface area contributed by atoms with Crippen LogP contribution in [0, 0.1) is 0 Å². The molecular weight excluding hydrogens is 298 g/mol. The number of aliphatic hydroxyl groups is 1. The molecule has 0 bridgehead atoms. The maximum atomic E-state index is 10.5. The number of thiophene rings is 1. The highest BCUT2D eigenvalue weighted by Gasteiger charge is 2.26. The molecule has 0 spiro atoms. The average molecular weight is 325 g/mol. The van der Waals surface area contributed by atoms with E-state index in [2.05, 4.69) is 4.90 Å². The molecule has 22 heavy (non-hydrogen) atoms. The van der Waals surface area contributed by atoms with Gasteiger partial charge in [-0.05, 0) is 37.3 Å². The number of hydrogen-bond donors (Lipinski definition) is 1. The molecule has 2 aliphatic heterocycles. The monoisotopic (exact) mass is 325 g/mol. The number of aliphatic hydroxyl groups excluding tert-OH is 1. The molecule has 2 saturated heterocycles. The first kappa shape index (κ1) is 16.4.